The first-order valence-corrected chi connectivity index (χ1v) is 7.15. The van der Waals surface area contributed by atoms with Gasteiger partial charge in [0.2, 0.25) is 0 Å². The monoisotopic (exact) mass is 239 g/mol. The molecule has 3 nitrogen and oxygen atoms in total. The molecule has 1 fully saturated rings. The Hall–Kier alpha value is -0.480. The molecule has 1 aliphatic rings. The molecule has 4 heteroatoms. The van der Waals surface area contributed by atoms with Crippen LogP contribution in [0.4, 0.5) is 0 Å². The molecular weight excluding hydrogens is 218 g/mol. The third-order valence-corrected chi connectivity index (χ3v) is 5.07. The maximum atomic E-state index is 4.21. The number of hydrogen-bond donors (Lipinski definition) is 1. The van der Waals surface area contributed by atoms with Crippen LogP contribution in [0.25, 0.3) is 0 Å². The third-order valence-electron chi connectivity index (χ3n) is 3.65. The number of hydrogen-bond acceptors (Lipinski definition) is 3. The summed E-state index contributed by atoms with van der Waals surface area (Å²) >= 11 is 2.02. The lowest BCUT2D eigenvalue weighted by Crippen LogP contribution is -2.43. The fourth-order valence-electron chi connectivity index (χ4n) is 2.14. The predicted octanol–water partition coefficient (Wildman–Crippen LogP) is 2.36. The van der Waals surface area contributed by atoms with E-state index in [2.05, 4.69) is 29.8 Å². The van der Waals surface area contributed by atoms with E-state index in [1.54, 1.807) is 0 Å². The van der Waals surface area contributed by atoms with Gasteiger partial charge in [-0.25, -0.2) is 0 Å². The van der Waals surface area contributed by atoms with E-state index in [1.807, 2.05) is 29.7 Å². The minimum atomic E-state index is 0.401. The van der Waals surface area contributed by atoms with Gasteiger partial charge in [-0.3, -0.25) is 4.68 Å². The molecule has 0 spiro atoms. The van der Waals surface area contributed by atoms with Crippen molar-refractivity contribution < 1.29 is 0 Å². The maximum absolute atomic E-state index is 4.21. The second-order valence-corrected chi connectivity index (χ2v) is 6.06. The highest BCUT2D eigenvalue weighted by molar-refractivity contribution is 8.00. The minimum Gasteiger partial charge on any atom is -0.309 e. The fourth-order valence-corrected chi connectivity index (χ4v) is 3.07. The van der Waals surface area contributed by atoms with Crippen LogP contribution in [0.15, 0.2) is 12.4 Å². The van der Waals surface area contributed by atoms with Crippen molar-refractivity contribution in [3.8, 4) is 0 Å². The summed E-state index contributed by atoms with van der Waals surface area (Å²) in [5.41, 5.74) is 1.28. The zero-order chi connectivity index (χ0) is 11.6. The molecule has 0 radical (unpaired) electrons. The Morgan fingerprint density at radius 2 is 2.38 bits per heavy atom. The van der Waals surface area contributed by atoms with E-state index < -0.39 is 0 Å². The lowest BCUT2D eigenvalue weighted by atomic mass is 9.84. The van der Waals surface area contributed by atoms with Crippen LogP contribution in [-0.2, 0) is 7.05 Å². The zero-order valence-electron chi connectivity index (χ0n) is 10.4. The average Bonchev–Trinajstić information content (AvgIpc) is 2.64. The number of nitrogens with one attached hydrogen (secondary N) is 1. The van der Waals surface area contributed by atoms with Gasteiger partial charge in [0.05, 0.1) is 6.20 Å². The molecule has 1 N–H and O–H groups in total. The Labute approximate surface area is 102 Å². The summed E-state index contributed by atoms with van der Waals surface area (Å²) in [7, 11) is 1.96. The quantitative estimate of drug-likeness (QED) is 0.855. The molecule has 0 aliphatic heterocycles. The standard InChI is InChI=1S/C12H21N3S/c1-10(11-7-14-15(2)8-11)13-9-12(16-3)5-4-6-12/h7-8,10,13H,4-6,9H2,1-3H3. The predicted molar refractivity (Wildman–Crippen MR) is 69.7 cm³/mol. The van der Waals surface area contributed by atoms with Crippen molar-refractivity contribution in [2.24, 2.45) is 7.05 Å². The highest BCUT2D eigenvalue weighted by atomic mass is 32.2. The summed E-state index contributed by atoms with van der Waals surface area (Å²) in [6, 6.07) is 0.401. The number of aryl methyl sites for hydroxylation is 1. The van der Waals surface area contributed by atoms with Crippen molar-refractivity contribution >= 4 is 11.8 Å². The smallest absolute Gasteiger partial charge is 0.0537 e. The number of nitrogens with zero attached hydrogens (tertiary/aromatic N) is 2. The lowest BCUT2D eigenvalue weighted by molar-refractivity contribution is 0.334. The highest BCUT2D eigenvalue weighted by Gasteiger charge is 2.35. The molecule has 0 amide bonds. The summed E-state index contributed by atoms with van der Waals surface area (Å²) in [6.45, 7) is 3.33. The van der Waals surface area contributed by atoms with Gasteiger partial charge in [-0.15, -0.1) is 0 Å². The lowest BCUT2D eigenvalue weighted by Gasteiger charge is -2.41. The van der Waals surface area contributed by atoms with Crippen LogP contribution in [0, 0.1) is 0 Å². The molecule has 16 heavy (non-hydrogen) atoms. The van der Waals surface area contributed by atoms with Gasteiger partial charge in [0.25, 0.3) is 0 Å². The van der Waals surface area contributed by atoms with Crippen molar-refractivity contribution in [2.75, 3.05) is 12.8 Å². The Morgan fingerprint density at radius 3 is 2.81 bits per heavy atom. The van der Waals surface area contributed by atoms with Crippen LogP contribution in [0.1, 0.15) is 37.8 Å². The molecule has 0 saturated heterocycles. The summed E-state index contributed by atoms with van der Waals surface area (Å²) < 4.78 is 2.37. The number of thioether (sulfide) groups is 1. The summed E-state index contributed by atoms with van der Waals surface area (Å²) in [5, 5.41) is 7.84. The van der Waals surface area contributed by atoms with Gasteiger partial charge < -0.3 is 5.32 Å². The molecule has 2 rings (SSSR count). The van der Waals surface area contributed by atoms with Gasteiger partial charge in [0, 0.05) is 36.1 Å². The molecular formula is C12H21N3S. The Bertz CT molecular complexity index is 338. The van der Waals surface area contributed by atoms with Gasteiger partial charge >= 0.3 is 0 Å². The summed E-state index contributed by atoms with van der Waals surface area (Å²) in [4.78, 5) is 0. The van der Waals surface area contributed by atoms with E-state index in [4.69, 9.17) is 0 Å². The largest absolute Gasteiger partial charge is 0.309 e. The van der Waals surface area contributed by atoms with Crippen LogP contribution in [0.3, 0.4) is 0 Å². The number of aromatic nitrogens is 2. The second kappa shape index (κ2) is 4.80. The molecule has 1 saturated carbocycles. The first-order valence-electron chi connectivity index (χ1n) is 5.92. The molecule has 1 unspecified atom stereocenters. The molecule has 90 valence electrons. The summed E-state index contributed by atoms with van der Waals surface area (Å²) in [6.07, 6.45) is 10.4. The van der Waals surface area contributed by atoms with Gasteiger partial charge in [-0.1, -0.05) is 6.42 Å². The van der Waals surface area contributed by atoms with Crippen molar-refractivity contribution in [3.63, 3.8) is 0 Å². The van der Waals surface area contributed by atoms with Crippen LogP contribution < -0.4 is 5.32 Å². The van der Waals surface area contributed by atoms with Crippen molar-refractivity contribution in [1.82, 2.24) is 15.1 Å². The first-order chi connectivity index (χ1) is 7.65. The minimum absolute atomic E-state index is 0.401. The van der Waals surface area contributed by atoms with Gasteiger partial charge in [-0.2, -0.15) is 16.9 Å². The van der Waals surface area contributed by atoms with Gasteiger partial charge in [0.15, 0.2) is 0 Å². The number of rotatable bonds is 5. The second-order valence-electron chi connectivity index (χ2n) is 4.79. The van der Waals surface area contributed by atoms with Crippen LogP contribution in [0.5, 0.6) is 0 Å². The van der Waals surface area contributed by atoms with E-state index in [9.17, 15) is 0 Å². The molecule has 1 atom stereocenters. The molecule has 1 aromatic heterocycles. The van der Waals surface area contributed by atoms with Gasteiger partial charge in [-0.05, 0) is 26.0 Å². The van der Waals surface area contributed by atoms with Crippen molar-refractivity contribution in [1.29, 1.82) is 0 Å². The average molecular weight is 239 g/mol. The Morgan fingerprint density at radius 1 is 1.62 bits per heavy atom. The molecule has 0 aromatic carbocycles. The van der Waals surface area contributed by atoms with Crippen LogP contribution in [-0.4, -0.2) is 27.3 Å². The molecule has 1 aromatic rings. The van der Waals surface area contributed by atoms with E-state index in [-0.39, 0.29) is 0 Å². The van der Waals surface area contributed by atoms with E-state index in [0.717, 1.165) is 6.54 Å². The van der Waals surface area contributed by atoms with Gasteiger partial charge in [0.1, 0.15) is 0 Å². The highest BCUT2D eigenvalue weighted by Crippen LogP contribution is 2.42. The SMILES string of the molecule is CSC1(CNC(C)c2cnn(C)c2)CCC1. The van der Waals surface area contributed by atoms with Crippen molar-refractivity contribution in [2.45, 2.75) is 37.0 Å². The van der Waals surface area contributed by atoms with E-state index >= 15 is 0 Å². The zero-order valence-corrected chi connectivity index (χ0v) is 11.2. The van der Waals surface area contributed by atoms with Crippen LogP contribution in [0.2, 0.25) is 0 Å². The maximum Gasteiger partial charge on any atom is 0.0537 e. The Kier molecular flexibility index (Phi) is 3.60. The molecule has 1 heterocycles. The topological polar surface area (TPSA) is 29.9 Å². The summed E-state index contributed by atoms with van der Waals surface area (Å²) in [5.74, 6) is 0. The normalized spacial score (nSPS) is 20.4. The third kappa shape index (κ3) is 2.43. The fraction of sp³-hybridized carbons (Fsp3) is 0.750. The van der Waals surface area contributed by atoms with Crippen LogP contribution >= 0.6 is 11.8 Å². The Balaban J connectivity index is 1.86. The van der Waals surface area contributed by atoms with E-state index in [0.29, 0.717) is 10.8 Å². The first kappa shape index (κ1) is 12.0. The molecule has 0 bridgehead atoms. The molecule has 1 aliphatic carbocycles. The van der Waals surface area contributed by atoms with E-state index in [1.165, 1.54) is 24.8 Å². The van der Waals surface area contributed by atoms with Crippen molar-refractivity contribution in [3.05, 3.63) is 18.0 Å².